The Morgan fingerprint density at radius 3 is 2.12 bits per heavy atom. The molecule has 0 fully saturated rings. The number of hydrogen-bond donors (Lipinski definition) is 2. The molecule has 5 nitrogen and oxygen atoms in total. The Bertz CT molecular complexity index is 254. The largest absolute Gasteiger partial charge is 0.480 e. The first-order valence-electron chi connectivity index (χ1n) is 5.57. The first-order valence-corrected chi connectivity index (χ1v) is 5.57. The highest BCUT2D eigenvalue weighted by molar-refractivity contribution is 5.82. The van der Waals surface area contributed by atoms with E-state index in [9.17, 15) is 9.59 Å². The Hall–Kier alpha value is -1.26. The maximum Gasteiger partial charge on any atom is 0.326 e. The standard InChI is InChI=1S/C11H22N2O3/c1-6-9(7(2)3)12-11(16)13(5)8(4)10(14)15/h7-9H,6H2,1-5H3,(H,12,16)(H,14,15). The summed E-state index contributed by atoms with van der Waals surface area (Å²) in [5, 5.41) is 11.6. The van der Waals surface area contributed by atoms with Crippen LogP contribution in [0, 0.1) is 5.92 Å². The van der Waals surface area contributed by atoms with Crippen molar-refractivity contribution >= 4 is 12.0 Å². The first kappa shape index (κ1) is 14.7. The molecule has 5 heteroatoms. The molecular weight excluding hydrogens is 208 g/mol. The van der Waals surface area contributed by atoms with E-state index in [1.165, 1.54) is 18.9 Å². The van der Waals surface area contributed by atoms with E-state index in [1.807, 2.05) is 20.8 Å². The summed E-state index contributed by atoms with van der Waals surface area (Å²) in [5.41, 5.74) is 0. The second-order valence-corrected chi connectivity index (χ2v) is 4.33. The van der Waals surface area contributed by atoms with Gasteiger partial charge in [0.15, 0.2) is 0 Å². The third-order valence-electron chi connectivity index (χ3n) is 2.81. The summed E-state index contributed by atoms with van der Waals surface area (Å²) < 4.78 is 0. The summed E-state index contributed by atoms with van der Waals surface area (Å²) in [6.45, 7) is 7.52. The molecule has 0 aromatic heterocycles. The quantitative estimate of drug-likeness (QED) is 0.752. The van der Waals surface area contributed by atoms with Gasteiger partial charge in [0.05, 0.1) is 0 Å². The van der Waals surface area contributed by atoms with Crippen molar-refractivity contribution in [1.29, 1.82) is 0 Å². The third-order valence-corrected chi connectivity index (χ3v) is 2.81. The summed E-state index contributed by atoms with van der Waals surface area (Å²) in [7, 11) is 1.49. The molecule has 2 unspecified atom stereocenters. The Labute approximate surface area is 96.8 Å². The first-order chi connectivity index (χ1) is 7.31. The van der Waals surface area contributed by atoms with Crippen LogP contribution in [0.2, 0.25) is 0 Å². The molecule has 0 aliphatic rings. The van der Waals surface area contributed by atoms with Crippen molar-refractivity contribution in [2.24, 2.45) is 5.92 Å². The van der Waals surface area contributed by atoms with E-state index in [4.69, 9.17) is 5.11 Å². The highest BCUT2D eigenvalue weighted by Crippen LogP contribution is 2.06. The van der Waals surface area contributed by atoms with Crippen LogP contribution in [-0.4, -0.2) is 41.1 Å². The maximum atomic E-state index is 11.7. The third kappa shape index (κ3) is 4.08. The fourth-order valence-corrected chi connectivity index (χ4v) is 1.34. The van der Waals surface area contributed by atoms with Gasteiger partial charge in [0.1, 0.15) is 6.04 Å². The van der Waals surface area contributed by atoms with Crippen LogP contribution in [0.3, 0.4) is 0 Å². The Kier molecular flexibility index (Phi) is 5.85. The molecule has 0 bridgehead atoms. The van der Waals surface area contributed by atoms with Crippen LogP contribution in [0.25, 0.3) is 0 Å². The molecular formula is C11H22N2O3. The van der Waals surface area contributed by atoms with Gasteiger partial charge < -0.3 is 15.3 Å². The minimum Gasteiger partial charge on any atom is -0.480 e. The topological polar surface area (TPSA) is 69.6 Å². The molecule has 0 radical (unpaired) electrons. The lowest BCUT2D eigenvalue weighted by Gasteiger charge is -2.27. The van der Waals surface area contributed by atoms with Crippen LogP contribution < -0.4 is 5.32 Å². The van der Waals surface area contributed by atoms with Gasteiger partial charge in [-0.2, -0.15) is 0 Å². The number of carbonyl (C=O) groups is 2. The van der Waals surface area contributed by atoms with Crippen LogP contribution in [0.1, 0.15) is 34.1 Å². The van der Waals surface area contributed by atoms with E-state index in [0.717, 1.165) is 6.42 Å². The number of rotatable bonds is 5. The minimum atomic E-state index is -1.00. The predicted molar refractivity (Wildman–Crippen MR) is 62.3 cm³/mol. The van der Waals surface area contributed by atoms with Gasteiger partial charge in [-0.1, -0.05) is 20.8 Å². The van der Waals surface area contributed by atoms with Crippen LogP contribution in [0.5, 0.6) is 0 Å². The summed E-state index contributed by atoms with van der Waals surface area (Å²) in [6, 6.07) is -1.07. The minimum absolute atomic E-state index is 0.0796. The molecule has 16 heavy (non-hydrogen) atoms. The molecule has 0 aromatic rings. The number of hydrogen-bond acceptors (Lipinski definition) is 2. The average Bonchev–Trinajstić information content (AvgIpc) is 2.22. The van der Waals surface area contributed by atoms with E-state index in [2.05, 4.69) is 5.32 Å². The number of urea groups is 1. The number of aliphatic carboxylic acids is 1. The number of amides is 2. The van der Waals surface area contributed by atoms with Gasteiger partial charge in [-0.25, -0.2) is 9.59 Å². The summed E-state index contributed by atoms with van der Waals surface area (Å²) in [6.07, 6.45) is 0.832. The molecule has 2 amide bonds. The number of nitrogens with zero attached hydrogens (tertiary/aromatic N) is 1. The van der Waals surface area contributed by atoms with Crippen LogP contribution in [0.4, 0.5) is 4.79 Å². The molecule has 0 heterocycles. The monoisotopic (exact) mass is 230 g/mol. The summed E-state index contributed by atoms with van der Waals surface area (Å²) in [4.78, 5) is 23.6. The SMILES string of the molecule is CCC(NC(=O)N(C)C(C)C(=O)O)C(C)C. The van der Waals surface area contributed by atoms with Crippen LogP contribution in [-0.2, 0) is 4.79 Å². The molecule has 0 aliphatic carbocycles. The van der Waals surface area contributed by atoms with E-state index in [-0.39, 0.29) is 12.1 Å². The summed E-state index contributed by atoms with van der Waals surface area (Å²) in [5.74, 6) is -0.669. The number of carboxylic acids is 1. The van der Waals surface area contributed by atoms with Crippen molar-refractivity contribution < 1.29 is 14.7 Å². The number of carboxylic acid groups (broad SMARTS) is 1. The van der Waals surface area contributed by atoms with Gasteiger partial charge in [0.25, 0.3) is 0 Å². The summed E-state index contributed by atoms with van der Waals surface area (Å²) >= 11 is 0. The fraction of sp³-hybridized carbons (Fsp3) is 0.818. The molecule has 94 valence electrons. The molecule has 0 aliphatic heterocycles. The van der Waals surface area contributed by atoms with E-state index in [1.54, 1.807) is 0 Å². The van der Waals surface area contributed by atoms with Gasteiger partial charge in [0.2, 0.25) is 0 Å². The van der Waals surface area contributed by atoms with Gasteiger partial charge in [-0.15, -0.1) is 0 Å². The second kappa shape index (κ2) is 6.35. The van der Waals surface area contributed by atoms with Gasteiger partial charge >= 0.3 is 12.0 Å². The highest BCUT2D eigenvalue weighted by atomic mass is 16.4. The van der Waals surface area contributed by atoms with Gasteiger partial charge in [0, 0.05) is 13.1 Å². The van der Waals surface area contributed by atoms with Crippen LogP contribution in [0.15, 0.2) is 0 Å². The maximum absolute atomic E-state index is 11.7. The van der Waals surface area contributed by atoms with Crippen molar-refractivity contribution in [1.82, 2.24) is 10.2 Å². The molecule has 0 saturated carbocycles. The average molecular weight is 230 g/mol. The zero-order valence-corrected chi connectivity index (χ0v) is 10.7. The lowest BCUT2D eigenvalue weighted by atomic mass is 10.0. The molecule has 0 spiro atoms. The molecule has 2 atom stereocenters. The predicted octanol–water partition coefficient (Wildman–Crippen LogP) is 1.54. The smallest absolute Gasteiger partial charge is 0.326 e. The zero-order chi connectivity index (χ0) is 12.9. The molecule has 0 aromatic carbocycles. The number of nitrogens with one attached hydrogen (secondary N) is 1. The van der Waals surface area contributed by atoms with Crippen molar-refractivity contribution in [2.75, 3.05) is 7.05 Å². The normalized spacial score (nSPS) is 14.4. The number of carbonyl (C=O) groups excluding carboxylic acids is 1. The van der Waals surface area contributed by atoms with E-state index in [0.29, 0.717) is 5.92 Å². The highest BCUT2D eigenvalue weighted by Gasteiger charge is 2.23. The van der Waals surface area contributed by atoms with Crippen LogP contribution >= 0.6 is 0 Å². The molecule has 0 rings (SSSR count). The molecule has 0 saturated heterocycles. The van der Waals surface area contributed by atoms with Gasteiger partial charge in [-0.3, -0.25) is 0 Å². The Balaban J connectivity index is 4.40. The van der Waals surface area contributed by atoms with Crippen molar-refractivity contribution in [3.05, 3.63) is 0 Å². The van der Waals surface area contributed by atoms with Crippen molar-refractivity contribution in [3.8, 4) is 0 Å². The lowest BCUT2D eigenvalue weighted by molar-refractivity contribution is -0.141. The Morgan fingerprint density at radius 2 is 1.81 bits per heavy atom. The van der Waals surface area contributed by atoms with Crippen molar-refractivity contribution in [2.45, 2.75) is 46.2 Å². The van der Waals surface area contributed by atoms with Crippen molar-refractivity contribution in [3.63, 3.8) is 0 Å². The molecule has 2 N–H and O–H groups in total. The lowest BCUT2D eigenvalue weighted by Crippen LogP contribution is -2.49. The Morgan fingerprint density at radius 1 is 1.31 bits per heavy atom. The van der Waals surface area contributed by atoms with Gasteiger partial charge in [-0.05, 0) is 19.3 Å². The van der Waals surface area contributed by atoms with E-state index >= 15 is 0 Å². The zero-order valence-electron chi connectivity index (χ0n) is 10.7. The number of likely N-dealkylation sites (N-methyl/N-ethyl adjacent to an activating group) is 1. The fourth-order valence-electron chi connectivity index (χ4n) is 1.34. The van der Waals surface area contributed by atoms with E-state index < -0.39 is 12.0 Å². The second-order valence-electron chi connectivity index (χ2n) is 4.33.